The highest BCUT2D eigenvalue weighted by atomic mass is 16.5. The van der Waals surface area contributed by atoms with E-state index in [1.165, 1.54) is 0 Å². The first-order valence-electron chi connectivity index (χ1n) is 5.78. The summed E-state index contributed by atoms with van der Waals surface area (Å²) < 4.78 is 5.52. The molecule has 2 saturated carbocycles. The van der Waals surface area contributed by atoms with E-state index in [2.05, 4.69) is 0 Å². The van der Waals surface area contributed by atoms with Crippen LogP contribution in [0.2, 0.25) is 0 Å². The Morgan fingerprint density at radius 3 is 2.67 bits per heavy atom. The fourth-order valence-corrected chi connectivity index (χ4v) is 1.96. The second-order valence-electron chi connectivity index (χ2n) is 4.74. The van der Waals surface area contributed by atoms with Gasteiger partial charge in [-0.3, -0.25) is 4.79 Å². The van der Waals surface area contributed by atoms with Crippen LogP contribution in [0.15, 0.2) is 0 Å². The smallest absolute Gasteiger partial charge is 0.248 e. The van der Waals surface area contributed by atoms with Gasteiger partial charge in [0, 0.05) is 13.1 Å². The quantitative estimate of drug-likeness (QED) is 0.716. The first-order chi connectivity index (χ1) is 7.20. The highest BCUT2D eigenvalue weighted by Crippen LogP contribution is 2.29. The van der Waals surface area contributed by atoms with E-state index in [0.29, 0.717) is 12.0 Å². The van der Waals surface area contributed by atoms with E-state index in [-0.39, 0.29) is 18.6 Å². The molecule has 2 N–H and O–H groups in total. The molecule has 15 heavy (non-hydrogen) atoms. The summed E-state index contributed by atoms with van der Waals surface area (Å²) in [6.07, 6.45) is 4.63. The van der Waals surface area contributed by atoms with Gasteiger partial charge in [0.1, 0.15) is 6.61 Å². The average Bonchev–Trinajstić information content (AvgIpc) is 2.97. The SMILES string of the molecule is CN(C(=O)COC1CC(CN)C1)C1CC1. The van der Waals surface area contributed by atoms with E-state index < -0.39 is 0 Å². The van der Waals surface area contributed by atoms with Gasteiger partial charge in [-0.05, 0) is 38.1 Å². The molecule has 4 heteroatoms. The topological polar surface area (TPSA) is 55.6 Å². The minimum atomic E-state index is 0.119. The van der Waals surface area contributed by atoms with Gasteiger partial charge in [0.15, 0.2) is 0 Å². The summed E-state index contributed by atoms with van der Waals surface area (Å²) in [6.45, 7) is 0.991. The van der Waals surface area contributed by atoms with E-state index in [0.717, 1.165) is 32.2 Å². The zero-order valence-corrected chi connectivity index (χ0v) is 9.32. The molecule has 0 aromatic rings. The van der Waals surface area contributed by atoms with Crippen LogP contribution < -0.4 is 5.73 Å². The number of hydrogen-bond donors (Lipinski definition) is 1. The Balaban J connectivity index is 1.59. The van der Waals surface area contributed by atoms with Gasteiger partial charge >= 0.3 is 0 Å². The van der Waals surface area contributed by atoms with Crippen LogP contribution in [0, 0.1) is 5.92 Å². The monoisotopic (exact) mass is 212 g/mol. The van der Waals surface area contributed by atoms with Gasteiger partial charge in [-0.1, -0.05) is 0 Å². The lowest BCUT2D eigenvalue weighted by Gasteiger charge is -2.34. The number of carbonyl (C=O) groups excluding carboxylic acids is 1. The Morgan fingerprint density at radius 1 is 1.47 bits per heavy atom. The third-order valence-corrected chi connectivity index (χ3v) is 3.46. The van der Waals surface area contributed by atoms with Crippen molar-refractivity contribution in [2.45, 2.75) is 37.8 Å². The lowest BCUT2D eigenvalue weighted by atomic mass is 9.82. The number of amides is 1. The molecule has 0 heterocycles. The predicted octanol–water partition coefficient (Wildman–Crippen LogP) is 0.361. The lowest BCUT2D eigenvalue weighted by Crippen LogP contribution is -2.39. The van der Waals surface area contributed by atoms with Crippen molar-refractivity contribution in [3.63, 3.8) is 0 Å². The number of rotatable bonds is 5. The molecule has 0 bridgehead atoms. The summed E-state index contributed by atoms with van der Waals surface area (Å²) in [4.78, 5) is 13.4. The number of ether oxygens (including phenoxy) is 1. The van der Waals surface area contributed by atoms with Crippen molar-refractivity contribution in [3.8, 4) is 0 Å². The molecule has 1 amide bonds. The highest BCUT2D eigenvalue weighted by molar-refractivity contribution is 5.77. The fourth-order valence-electron chi connectivity index (χ4n) is 1.96. The zero-order valence-electron chi connectivity index (χ0n) is 9.32. The van der Waals surface area contributed by atoms with Crippen molar-refractivity contribution in [2.24, 2.45) is 11.7 Å². The van der Waals surface area contributed by atoms with Crippen LogP contribution >= 0.6 is 0 Å². The van der Waals surface area contributed by atoms with Crippen LogP contribution in [-0.4, -0.2) is 43.2 Å². The molecular formula is C11H20N2O2. The summed E-state index contributed by atoms with van der Waals surface area (Å²) >= 11 is 0. The molecule has 0 aliphatic heterocycles. The minimum Gasteiger partial charge on any atom is -0.368 e. The number of nitrogens with two attached hydrogens (primary N) is 1. The van der Waals surface area contributed by atoms with E-state index in [4.69, 9.17) is 10.5 Å². The van der Waals surface area contributed by atoms with E-state index in [1.807, 2.05) is 11.9 Å². The van der Waals surface area contributed by atoms with Gasteiger partial charge in [-0.25, -0.2) is 0 Å². The van der Waals surface area contributed by atoms with Gasteiger partial charge in [0.2, 0.25) is 5.91 Å². The number of hydrogen-bond acceptors (Lipinski definition) is 3. The van der Waals surface area contributed by atoms with Crippen LogP contribution in [0.3, 0.4) is 0 Å². The van der Waals surface area contributed by atoms with E-state index >= 15 is 0 Å². The summed E-state index contributed by atoms with van der Waals surface area (Å²) in [6, 6.07) is 0.485. The van der Waals surface area contributed by atoms with Gasteiger partial charge in [0.25, 0.3) is 0 Å². The molecule has 0 aromatic carbocycles. The Morgan fingerprint density at radius 2 is 2.13 bits per heavy atom. The third-order valence-electron chi connectivity index (χ3n) is 3.46. The maximum atomic E-state index is 11.6. The summed E-state index contributed by atoms with van der Waals surface area (Å²) in [5.74, 6) is 0.736. The van der Waals surface area contributed by atoms with Crippen LogP contribution in [0.1, 0.15) is 25.7 Å². The molecule has 0 spiro atoms. The number of nitrogens with zero attached hydrogens (tertiary/aromatic N) is 1. The molecule has 0 aromatic heterocycles. The number of carbonyl (C=O) groups is 1. The molecule has 2 aliphatic carbocycles. The van der Waals surface area contributed by atoms with Crippen LogP contribution in [-0.2, 0) is 9.53 Å². The Bertz CT molecular complexity index is 235. The molecule has 0 saturated heterocycles. The standard InChI is InChI=1S/C11H20N2O2/c1-13(9-2-3-9)11(14)7-15-10-4-8(5-10)6-12/h8-10H,2-7,12H2,1H3. The Hall–Kier alpha value is -0.610. The maximum absolute atomic E-state index is 11.6. The summed E-state index contributed by atoms with van der Waals surface area (Å²) in [7, 11) is 1.87. The number of likely N-dealkylation sites (N-methyl/N-ethyl adjacent to an activating group) is 1. The maximum Gasteiger partial charge on any atom is 0.248 e. The first kappa shape index (κ1) is 10.9. The van der Waals surface area contributed by atoms with Crippen molar-refractivity contribution in [2.75, 3.05) is 20.2 Å². The minimum absolute atomic E-state index is 0.119. The van der Waals surface area contributed by atoms with Gasteiger partial charge in [-0.2, -0.15) is 0 Å². The Kier molecular flexibility index (Phi) is 3.26. The van der Waals surface area contributed by atoms with Crippen molar-refractivity contribution in [1.29, 1.82) is 0 Å². The molecule has 4 nitrogen and oxygen atoms in total. The second-order valence-corrected chi connectivity index (χ2v) is 4.74. The summed E-state index contributed by atoms with van der Waals surface area (Å²) in [5, 5.41) is 0. The largest absolute Gasteiger partial charge is 0.368 e. The molecule has 2 fully saturated rings. The van der Waals surface area contributed by atoms with Crippen molar-refractivity contribution in [1.82, 2.24) is 4.90 Å². The second kappa shape index (κ2) is 4.49. The normalized spacial score (nSPS) is 29.7. The van der Waals surface area contributed by atoms with Crippen molar-refractivity contribution < 1.29 is 9.53 Å². The lowest BCUT2D eigenvalue weighted by molar-refractivity contribution is -0.140. The first-order valence-corrected chi connectivity index (χ1v) is 5.78. The van der Waals surface area contributed by atoms with Crippen molar-refractivity contribution >= 4 is 5.91 Å². The molecule has 0 radical (unpaired) electrons. The third kappa shape index (κ3) is 2.69. The van der Waals surface area contributed by atoms with Gasteiger partial charge in [0.05, 0.1) is 6.10 Å². The summed E-state index contributed by atoms with van der Waals surface area (Å²) in [5.41, 5.74) is 5.52. The van der Waals surface area contributed by atoms with Gasteiger partial charge in [-0.15, -0.1) is 0 Å². The van der Waals surface area contributed by atoms with Crippen LogP contribution in [0.25, 0.3) is 0 Å². The zero-order chi connectivity index (χ0) is 10.8. The molecule has 86 valence electrons. The van der Waals surface area contributed by atoms with Gasteiger partial charge < -0.3 is 15.4 Å². The van der Waals surface area contributed by atoms with E-state index in [9.17, 15) is 4.79 Å². The molecule has 2 aliphatic rings. The predicted molar refractivity (Wildman–Crippen MR) is 57.3 cm³/mol. The molecule has 2 rings (SSSR count). The highest BCUT2D eigenvalue weighted by Gasteiger charge is 2.32. The fraction of sp³-hybridized carbons (Fsp3) is 0.909. The van der Waals surface area contributed by atoms with Crippen molar-refractivity contribution in [3.05, 3.63) is 0 Å². The van der Waals surface area contributed by atoms with Crippen LogP contribution in [0.5, 0.6) is 0 Å². The molecular weight excluding hydrogens is 192 g/mol. The molecule has 0 unspecified atom stereocenters. The molecule has 0 atom stereocenters. The van der Waals surface area contributed by atoms with Crippen LogP contribution in [0.4, 0.5) is 0 Å². The van der Waals surface area contributed by atoms with E-state index in [1.54, 1.807) is 0 Å². The average molecular weight is 212 g/mol. The Labute approximate surface area is 90.8 Å².